The molecule has 1 atom stereocenters. The topological polar surface area (TPSA) is 63.5 Å². The first kappa shape index (κ1) is 15.9. The Bertz CT molecular complexity index is 581. The SMILES string of the molecule is CC(C)(C)C1CCN(C(=O)c2ccc(Br)c([N+](=O)[O-])c2)C1. The number of amides is 1. The Morgan fingerprint density at radius 3 is 2.62 bits per heavy atom. The van der Waals surface area contributed by atoms with E-state index in [2.05, 4.69) is 36.7 Å². The zero-order valence-electron chi connectivity index (χ0n) is 12.4. The maximum Gasteiger partial charge on any atom is 0.284 e. The van der Waals surface area contributed by atoms with Gasteiger partial charge in [-0.1, -0.05) is 20.8 Å². The summed E-state index contributed by atoms with van der Waals surface area (Å²) in [6.07, 6.45) is 0.980. The van der Waals surface area contributed by atoms with Crippen LogP contribution in [0.1, 0.15) is 37.6 Å². The lowest BCUT2D eigenvalue weighted by molar-refractivity contribution is -0.385. The molecule has 1 aliphatic rings. The highest BCUT2D eigenvalue weighted by molar-refractivity contribution is 9.10. The van der Waals surface area contributed by atoms with Gasteiger partial charge in [-0.25, -0.2) is 0 Å². The van der Waals surface area contributed by atoms with Crippen LogP contribution in [-0.2, 0) is 0 Å². The molecule has 1 aromatic rings. The molecular formula is C15H19BrN2O3. The molecule has 1 unspecified atom stereocenters. The Hall–Kier alpha value is -1.43. The van der Waals surface area contributed by atoms with E-state index in [1.165, 1.54) is 6.07 Å². The quantitative estimate of drug-likeness (QED) is 0.598. The van der Waals surface area contributed by atoms with Gasteiger partial charge >= 0.3 is 0 Å². The Kier molecular flexibility index (Phi) is 4.37. The van der Waals surface area contributed by atoms with E-state index < -0.39 is 4.92 Å². The molecular weight excluding hydrogens is 336 g/mol. The van der Waals surface area contributed by atoms with E-state index in [1.54, 1.807) is 17.0 Å². The summed E-state index contributed by atoms with van der Waals surface area (Å²) < 4.78 is 0.387. The maximum atomic E-state index is 12.5. The first-order valence-corrected chi connectivity index (χ1v) is 7.72. The van der Waals surface area contributed by atoms with Crippen molar-refractivity contribution in [1.29, 1.82) is 0 Å². The fourth-order valence-corrected chi connectivity index (χ4v) is 3.01. The molecule has 1 fully saturated rings. The van der Waals surface area contributed by atoms with Gasteiger partial charge in [0.15, 0.2) is 0 Å². The van der Waals surface area contributed by atoms with Crippen molar-refractivity contribution in [2.24, 2.45) is 11.3 Å². The Morgan fingerprint density at radius 1 is 1.43 bits per heavy atom. The lowest BCUT2D eigenvalue weighted by atomic mass is 9.80. The van der Waals surface area contributed by atoms with E-state index in [4.69, 9.17) is 0 Å². The first-order chi connectivity index (χ1) is 9.70. The van der Waals surface area contributed by atoms with Gasteiger partial charge in [0.1, 0.15) is 0 Å². The van der Waals surface area contributed by atoms with Gasteiger partial charge in [-0.3, -0.25) is 14.9 Å². The number of hydrogen-bond acceptors (Lipinski definition) is 3. The van der Waals surface area contributed by atoms with Gasteiger partial charge in [-0.15, -0.1) is 0 Å². The summed E-state index contributed by atoms with van der Waals surface area (Å²) in [6.45, 7) is 7.96. The van der Waals surface area contributed by atoms with Gasteiger partial charge in [0.2, 0.25) is 0 Å². The zero-order chi connectivity index (χ0) is 15.8. The average molecular weight is 355 g/mol. The second kappa shape index (κ2) is 5.75. The second-order valence-corrected chi connectivity index (χ2v) is 7.38. The molecule has 1 amide bonds. The molecule has 21 heavy (non-hydrogen) atoms. The van der Waals surface area contributed by atoms with Crippen molar-refractivity contribution in [2.75, 3.05) is 13.1 Å². The summed E-state index contributed by atoms with van der Waals surface area (Å²) in [7, 11) is 0. The molecule has 0 radical (unpaired) electrons. The lowest BCUT2D eigenvalue weighted by Crippen LogP contribution is -2.31. The highest BCUT2D eigenvalue weighted by Crippen LogP contribution is 2.34. The highest BCUT2D eigenvalue weighted by Gasteiger charge is 2.34. The van der Waals surface area contributed by atoms with Gasteiger partial charge in [0.05, 0.1) is 9.40 Å². The number of benzene rings is 1. The molecule has 1 saturated heterocycles. The fraction of sp³-hybridized carbons (Fsp3) is 0.533. The number of nitro groups is 1. The minimum Gasteiger partial charge on any atom is -0.338 e. The van der Waals surface area contributed by atoms with E-state index in [1.807, 2.05) is 0 Å². The van der Waals surface area contributed by atoms with Crippen LogP contribution in [0.4, 0.5) is 5.69 Å². The molecule has 6 heteroatoms. The van der Waals surface area contributed by atoms with Crippen LogP contribution in [0.25, 0.3) is 0 Å². The number of hydrogen-bond donors (Lipinski definition) is 0. The largest absolute Gasteiger partial charge is 0.338 e. The van der Waals surface area contributed by atoms with Crippen molar-refractivity contribution in [1.82, 2.24) is 4.90 Å². The highest BCUT2D eigenvalue weighted by atomic mass is 79.9. The van der Waals surface area contributed by atoms with Crippen LogP contribution >= 0.6 is 15.9 Å². The van der Waals surface area contributed by atoms with Crippen LogP contribution in [0.15, 0.2) is 22.7 Å². The monoisotopic (exact) mass is 354 g/mol. The summed E-state index contributed by atoms with van der Waals surface area (Å²) in [5, 5.41) is 11.0. The number of nitrogens with zero attached hydrogens (tertiary/aromatic N) is 2. The van der Waals surface area contributed by atoms with Gasteiger partial charge in [-0.05, 0) is 45.8 Å². The zero-order valence-corrected chi connectivity index (χ0v) is 14.0. The Balaban J connectivity index is 2.18. The van der Waals surface area contributed by atoms with Crippen LogP contribution in [0.2, 0.25) is 0 Å². The molecule has 1 aliphatic heterocycles. The van der Waals surface area contributed by atoms with Crippen LogP contribution < -0.4 is 0 Å². The smallest absolute Gasteiger partial charge is 0.284 e. The van der Waals surface area contributed by atoms with E-state index >= 15 is 0 Å². The number of likely N-dealkylation sites (tertiary alicyclic amines) is 1. The minimum absolute atomic E-state index is 0.0765. The van der Waals surface area contributed by atoms with E-state index in [0.717, 1.165) is 6.42 Å². The number of rotatable bonds is 2. The lowest BCUT2D eigenvalue weighted by Gasteiger charge is -2.27. The number of carbonyl (C=O) groups is 1. The molecule has 0 saturated carbocycles. The number of halogens is 1. The third kappa shape index (κ3) is 3.43. The predicted molar refractivity (Wildman–Crippen MR) is 84.3 cm³/mol. The number of carbonyl (C=O) groups excluding carboxylic acids is 1. The average Bonchev–Trinajstić information content (AvgIpc) is 2.87. The van der Waals surface area contributed by atoms with E-state index in [9.17, 15) is 14.9 Å². The summed E-state index contributed by atoms with van der Waals surface area (Å²) in [5.41, 5.74) is 0.465. The molecule has 0 aliphatic carbocycles. The summed E-state index contributed by atoms with van der Waals surface area (Å²) in [4.78, 5) is 24.8. The molecule has 1 aromatic carbocycles. The van der Waals surface area contributed by atoms with Crippen LogP contribution in [-0.4, -0.2) is 28.8 Å². The summed E-state index contributed by atoms with van der Waals surface area (Å²) in [5.74, 6) is 0.337. The van der Waals surface area contributed by atoms with Crippen molar-refractivity contribution in [3.05, 3.63) is 38.3 Å². The molecule has 0 aromatic heterocycles. The van der Waals surface area contributed by atoms with Crippen molar-refractivity contribution >= 4 is 27.5 Å². The minimum atomic E-state index is -0.483. The van der Waals surface area contributed by atoms with Crippen molar-refractivity contribution in [3.8, 4) is 0 Å². The van der Waals surface area contributed by atoms with Crippen LogP contribution in [0.3, 0.4) is 0 Å². The van der Waals surface area contributed by atoms with Gasteiger partial charge in [0, 0.05) is 24.7 Å². The third-order valence-electron chi connectivity index (χ3n) is 4.09. The Morgan fingerprint density at radius 2 is 2.10 bits per heavy atom. The molecule has 5 nitrogen and oxygen atoms in total. The Labute approximate surface area is 132 Å². The first-order valence-electron chi connectivity index (χ1n) is 6.93. The molecule has 114 valence electrons. The maximum absolute atomic E-state index is 12.5. The fourth-order valence-electron chi connectivity index (χ4n) is 2.62. The van der Waals surface area contributed by atoms with Crippen molar-refractivity contribution < 1.29 is 9.72 Å². The van der Waals surface area contributed by atoms with Gasteiger partial charge in [0.25, 0.3) is 11.6 Å². The molecule has 0 spiro atoms. The number of nitro benzene ring substituents is 1. The standard InChI is InChI=1S/C15H19BrN2O3/c1-15(2,3)11-6-7-17(9-11)14(19)10-4-5-12(16)13(8-10)18(20)21/h4-5,8,11H,6-7,9H2,1-3H3. The predicted octanol–water partition coefficient (Wildman–Crippen LogP) is 3.87. The van der Waals surface area contributed by atoms with E-state index in [-0.39, 0.29) is 17.0 Å². The van der Waals surface area contributed by atoms with Gasteiger partial charge < -0.3 is 4.90 Å². The van der Waals surface area contributed by atoms with Crippen LogP contribution in [0, 0.1) is 21.4 Å². The van der Waals surface area contributed by atoms with E-state index in [0.29, 0.717) is 29.0 Å². The third-order valence-corrected chi connectivity index (χ3v) is 4.76. The molecule has 0 N–H and O–H groups in total. The molecule has 1 heterocycles. The van der Waals surface area contributed by atoms with Crippen LogP contribution in [0.5, 0.6) is 0 Å². The molecule has 2 rings (SSSR count). The second-order valence-electron chi connectivity index (χ2n) is 6.53. The molecule has 0 bridgehead atoms. The van der Waals surface area contributed by atoms with Gasteiger partial charge in [-0.2, -0.15) is 0 Å². The normalized spacial score (nSPS) is 18.9. The van der Waals surface area contributed by atoms with Crippen molar-refractivity contribution in [3.63, 3.8) is 0 Å². The summed E-state index contributed by atoms with van der Waals surface area (Å²) >= 11 is 3.13. The van der Waals surface area contributed by atoms with Crippen molar-refractivity contribution in [2.45, 2.75) is 27.2 Å². The summed E-state index contributed by atoms with van der Waals surface area (Å²) in [6, 6.07) is 4.53.